The fourth-order valence-electron chi connectivity index (χ4n) is 3.18. The van der Waals surface area contributed by atoms with Crippen molar-refractivity contribution in [3.63, 3.8) is 0 Å². The lowest BCUT2D eigenvalue weighted by atomic mass is 10.1. The third kappa shape index (κ3) is 4.08. The summed E-state index contributed by atoms with van der Waals surface area (Å²) in [5.41, 5.74) is 0. The van der Waals surface area contributed by atoms with Gasteiger partial charge in [0.2, 0.25) is 11.8 Å². The van der Waals surface area contributed by atoms with Crippen LogP contribution in [0.4, 0.5) is 5.95 Å². The summed E-state index contributed by atoms with van der Waals surface area (Å²) in [4.78, 5) is 13.4. The average molecular weight is 306 g/mol. The van der Waals surface area contributed by atoms with Gasteiger partial charge in [-0.25, -0.2) is 4.98 Å². The number of rotatable bonds is 6. The van der Waals surface area contributed by atoms with Crippen LogP contribution in [0.25, 0.3) is 0 Å². The molecule has 0 saturated carbocycles. The number of anilines is 1. The summed E-state index contributed by atoms with van der Waals surface area (Å²) in [6, 6.07) is 1.77. The number of nitrogens with zero attached hydrogens (tertiary/aromatic N) is 4. The van der Waals surface area contributed by atoms with E-state index < -0.39 is 0 Å². The van der Waals surface area contributed by atoms with Crippen LogP contribution in [0.1, 0.15) is 25.7 Å². The largest absolute Gasteiger partial charge is 0.481 e. The van der Waals surface area contributed by atoms with Crippen molar-refractivity contribution < 1.29 is 9.47 Å². The summed E-state index contributed by atoms with van der Waals surface area (Å²) in [7, 11) is 1.63. The van der Waals surface area contributed by atoms with Crippen LogP contribution in [0.5, 0.6) is 5.88 Å². The van der Waals surface area contributed by atoms with Crippen LogP contribution in [0.15, 0.2) is 12.3 Å². The minimum Gasteiger partial charge on any atom is -0.481 e. The number of methoxy groups -OCH3 is 1. The molecular weight excluding hydrogens is 280 g/mol. The van der Waals surface area contributed by atoms with Gasteiger partial charge < -0.3 is 19.3 Å². The molecule has 1 atom stereocenters. The Kier molecular flexibility index (Phi) is 5.45. The molecule has 3 rings (SSSR count). The standard InChI is InChI=1S/C16H26N4O2/c1-21-15-5-7-17-16(18-15)20-10-6-14(13-20)22-12-11-19-8-3-2-4-9-19/h5,7,14H,2-4,6,8-13H2,1H3/t14-/m0/s1. The number of piperidine rings is 1. The van der Waals surface area contributed by atoms with E-state index in [9.17, 15) is 0 Å². The maximum atomic E-state index is 6.04. The summed E-state index contributed by atoms with van der Waals surface area (Å²) >= 11 is 0. The second-order valence-corrected chi connectivity index (χ2v) is 6.03. The van der Waals surface area contributed by atoms with Gasteiger partial charge in [0.1, 0.15) is 0 Å². The molecule has 122 valence electrons. The molecule has 1 aromatic heterocycles. The van der Waals surface area contributed by atoms with E-state index in [2.05, 4.69) is 19.8 Å². The van der Waals surface area contributed by atoms with E-state index in [0.29, 0.717) is 12.0 Å². The highest BCUT2D eigenvalue weighted by molar-refractivity contribution is 5.33. The van der Waals surface area contributed by atoms with Crippen molar-refractivity contribution in [2.45, 2.75) is 31.8 Å². The molecule has 22 heavy (non-hydrogen) atoms. The van der Waals surface area contributed by atoms with Gasteiger partial charge in [0.05, 0.1) is 19.8 Å². The molecule has 3 heterocycles. The van der Waals surface area contributed by atoms with Crippen molar-refractivity contribution in [2.75, 3.05) is 51.3 Å². The van der Waals surface area contributed by atoms with Crippen molar-refractivity contribution in [3.05, 3.63) is 12.3 Å². The number of hydrogen-bond acceptors (Lipinski definition) is 6. The number of aromatic nitrogens is 2. The highest BCUT2D eigenvalue weighted by Crippen LogP contribution is 2.20. The molecule has 0 amide bonds. The van der Waals surface area contributed by atoms with Gasteiger partial charge in [-0.3, -0.25) is 0 Å². The minimum absolute atomic E-state index is 0.291. The first-order valence-electron chi connectivity index (χ1n) is 8.31. The maximum Gasteiger partial charge on any atom is 0.228 e. The Morgan fingerprint density at radius 1 is 1.23 bits per heavy atom. The van der Waals surface area contributed by atoms with Crippen LogP contribution in [0, 0.1) is 0 Å². The molecule has 0 spiro atoms. The molecule has 0 bridgehead atoms. The Labute approximate surface area is 132 Å². The fraction of sp³-hybridized carbons (Fsp3) is 0.750. The van der Waals surface area contributed by atoms with E-state index in [-0.39, 0.29) is 0 Å². The number of ether oxygens (including phenoxy) is 2. The molecule has 0 N–H and O–H groups in total. The molecule has 0 aliphatic carbocycles. The monoisotopic (exact) mass is 306 g/mol. The zero-order chi connectivity index (χ0) is 15.2. The van der Waals surface area contributed by atoms with E-state index >= 15 is 0 Å². The zero-order valence-corrected chi connectivity index (χ0v) is 13.4. The normalized spacial score (nSPS) is 23.0. The lowest BCUT2D eigenvalue weighted by Crippen LogP contribution is -2.34. The molecule has 6 nitrogen and oxygen atoms in total. The second kappa shape index (κ2) is 7.74. The average Bonchev–Trinajstić information content (AvgIpc) is 3.05. The van der Waals surface area contributed by atoms with Gasteiger partial charge in [0, 0.05) is 31.9 Å². The smallest absolute Gasteiger partial charge is 0.228 e. The van der Waals surface area contributed by atoms with Crippen LogP contribution in [0.2, 0.25) is 0 Å². The highest BCUT2D eigenvalue weighted by atomic mass is 16.5. The van der Waals surface area contributed by atoms with Crippen LogP contribution < -0.4 is 9.64 Å². The summed E-state index contributed by atoms with van der Waals surface area (Å²) in [6.07, 6.45) is 7.14. The topological polar surface area (TPSA) is 50.7 Å². The lowest BCUT2D eigenvalue weighted by molar-refractivity contribution is 0.0466. The lowest BCUT2D eigenvalue weighted by Gasteiger charge is -2.26. The molecule has 2 fully saturated rings. The van der Waals surface area contributed by atoms with E-state index in [1.54, 1.807) is 19.4 Å². The molecule has 2 aliphatic heterocycles. The van der Waals surface area contributed by atoms with Gasteiger partial charge in [-0.1, -0.05) is 6.42 Å². The minimum atomic E-state index is 0.291. The molecular formula is C16H26N4O2. The molecule has 0 aromatic carbocycles. The summed E-state index contributed by atoms with van der Waals surface area (Å²) in [5, 5.41) is 0. The van der Waals surface area contributed by atoms with Crippen molar-refractivity contribution in [2.24, 2.45) is 0 Å². The van der Waals surface area contributed by atoms with Gasteiger partial charge in [-0.15, -0.1) is 0 Å². The van der Waals surface area contributed by atoms with Gasteiger partial charge in [0.25, 0.3) is 0 Å². The Hall–Kier alpha value is -1.40. The van der Waals surface area contributed by atoms with E-state index in [1.807, 2.05) is 0 Å². The fourth-order valence-corrected chi connectivity index (χ4v) is 3.18. The van der Waals surface area contributed by atoms with Crippen molar-refractivity contribution in [1.82, 2.24) is 14.9 Å². The maximum absolute atomic E-state index is 6.04. The molecule has 2 saturated heterocycles. The van der Waals surface area contributed by atoms with Crippen LogP contribution >= 0.6 is 0 Å². The molecule has 0 unspecified atom stereocenters. The zero-order valence-electron chi connectivity index (χ0n) is 13.4. The first kappa shape index (κ1) is 15.5. The van der Waals surface area contributed by atoms with Crippen LogP contribution in [-0.2, 0) is 4.74 Å². The van der Waals surface area contributed by atoms with Crippen LogP contribution in [-0.4, -0.2) is 67.4 Å². The Morgan fingerprint density at radius 2 is 2.09 bits per heavy atom. The van der Waals surface area contributed by atoms with Gasteiger partial charge in [-0.2, -0.15) is 4.98 Å². The third-order valence-electron chi connectivity index (χ3n) is 4.46. The Bertz CT molecular complexity index is 465. The van der Waals surface area contributed by atoms with Gasteiger partial charge >= 0.3 is 0 Å². The molecule has 1 aromatic rings. The van der Waals surface area contributed by atoms with Crippen LogP contribution in [0.3, 0.4) is 0 Å². The van der Waals surface area contributed by atoms with E-state index in [1.165, 1.54) is 32.4 Å². The first-order chi connectivity index (χ1) is 10.8. The van der Waals surface area contributed by atoms with Gasteiger partial charge in [-0.05, 0) is 32.4 Å². The quantitative estimate of drug-likeness (QED) is 0.795. The summed E-state index contributed by atoms with van der Waals surface area (Å²) in [6.45, 7) is 6.17. The van der Waals surface area contributed by atoms with Gasteiger partial charge in [0.15, 0.2) is 0 Å². The summed E-state index contributed by atoms with van der Waals surface area (Å²) in [5.74, 6) is 1.35. The summed E-state index contributed by atoms with van der Waals surface area (Å²) < 4.78 is 11.2. The third-order valence-corrected chi connectivity index (χ3v) is 4.46. The van der Waals surface area contributed by atoms with E-state index in [0.717, 1.165) is 38.6 Å². The Morgan fingerprint density at radius 3 is 2.91 bits per heavy atom. The SMILES string of the molecule is COc1ccnc(N2CC[C@H](OCCN3CCCCC3)C2)n1. The number of hydrogen-bond donors (Lipinski definition) is 0. The molecule has 0 radical (unpaired) electrons. The first-order valence-corrected chi connectivity index (χ1v) is 8.31. The molecule has 6 heteroatoms. The highest BCUT2D eigenvalue weighted by Gasteiger charge is 2.25. The molecule has 2 aliphatic rings. The van der Waals surface area contributed by atoms with Crippen molar-refractivity contribution in [1.29, 1.82) is 0 Å². The number of likely N-dealkylation sites (tertiary alicyclic amines) is 1. The Balaban J connectivity index is 1.41. The predicted octanol–water partition coefficient (Wildman–Crippen LogP) is 1.57. The van der Waals surface area contributed by atoms with Crippen molar-refractivity contribution >= 4 is 5.95 Å². The second-order valence-electron chi connectivity index (χ2n) is 6.03. The van der Waals surface area contributed by atoms with Crippen molar-refractivity contribution in [3.8, 4) is 5.88 Å². The predicted molar refractivity (Wildman–Crippen MR) is 85.4 cm³/mol. The van der Waals surface area contributed by atoms with E-state index in [4.69, 9.17) is 9.47 Å².